The monoisotopic (exact) mass is 411 g/mol. The number of nitrogens with one attached hydrogen (secondary N) is 2. The van der Waals surface area contributed by atoms with Gasteiger partial charge >= 0.3 is 0 Å². The van der Waals surface area contributed by atoms with Gasteiger partial charge in [0.1, 0.15) is 0 Å². The van der Waals surface area contributed by atoms with E-state index in [2.05, 4.69) is 52.8 Å². The molecule has 0 aliphatic carbocycles. The van der Waals surface area contributed by atoms with Crippen LogP contribution in [0.2, 0.25) is 0 Å². The van der Waals surface area contributed by atoms with E-state index in [1.54, 1.807) is 0 Å². The third-order valence-electron chi connectivity index (χ3n) is 5.67. The maximum atomic E-state index is 12.7. The summed E-state index contributed by atoms with van der Waals surface area (Å²) in [4.78, 5) is 18.2. The molecule has 4 aromatic rings. The van der Waals surface area contributed by atoms with E-state index in [-0.39, 0.29) is 5.91 Å². The number of fused-ring (bicyclic) bond motifs is 1. The third kappa shape index (κ3) is 4.80. The Morgan fingerprint density at radius 3 is 2.23 bits per heavy atom. The lowest BCUT2D eigenvalue weighted by atomic mass is 10.1. The number of amides is 1. The molecule has 4 heteroatoms. The van der Waals surface area contributed by atoms with Crippen molar-refractivity contribution >= 4 is 22.5 Å². The summed E-state index contributed by atoms with van der Waals surface area (Å²) < 4.78 is 0. The van der Waals surface area contributed by atoms with E-state index in [4.69, 9.17) is 0 Å². The fourth-order valence-corrected chi connectivity index (χ4v) is 3.98. The van der Waals surface area contributed by atoms with Crippen LogP contribution in [0.1, 0.15) is 25.0 Å². The van der Waals surface area contributed by atoms with Crippen molar-refractivity contribution in [1.29, 1.82) is 0 Å². The third-order valence-corrected chi connectivity index (χ3v) is 5.67. The van der Waals surface area contributed by atoms with E-state index in [1.165, 1.54) is 5.56 Å². The summed E-state index contributed by atoms with van der Waals surface area (Å²) in [6, 6.07) is 27.1. The number of H-pyrrole nitrogens is 1. The minimum Gasteiger partial charge on any atom is -0.379 e. The lowest BCUT2D eigenvalue weighted by Crippen LogP contribution is -2.31. The number of aromatic nitrogens is 1. The molecule has 0 aliphatic heterocycles. The quantitative estimate of drug-likeness (QED) is 0.382. The molecule has 3 aromatic carbocycles. The Morgan fingerprint density at radius 1 is 0.871 bits per heavy atom. The Bertz CT molecular complexity index is 1150. The normalized spacial score (nSPS) is 10.9. The molecule has 158 valence electrons. The zero-order valence-electron chi connectivity index (χ0n) is 18.2. The van der Waals surface area contributed by atoms with Gasteiger partial charge in [0, 0.05) is 30.7 Å². The molecule has 1 aromatic heterocycles. The van der Waals surface area contributed by atoms with Gasteiger partial charge in [0.15, 0.2) is 0 Å². The highest BCUT2D eigenvalue weighted by atomic mass is 16.2. The predicted molar refractivity (Wildman–Crippen MR) is 129 cm³/mol. The first-order valence-electron chi connectivity index (χ1n) is 10.9. The summed E-state index contributed by atoms with van der Waals surface area (Å²) in [5.74, 6) is 0.164. The van der Waals surface area contributed by atoms with Crippen LogP contribution in [-0.4, -0.2) is 28.9 Å². The highest BCUT2D eigenvalue weighted by molar-refractivity contribution is 5.96. The van der Waals surface area contributed by atoms with E-state index in [0.717, 1.165) is 53.0 Å². The van der Waals surface area contributed by atoms with Gasteiger partial charge in [0.05, 0.1) is 17.6 Å². The summed E-state index contributed by atoms with van der Waals surface area (Å²) in [5.41, 5.74) is 6.55. The van der Waals surface area contributed by atoms with Crippen LogP contribution < -0.4 is 5.32 Å². The van der Waals surface area contributed by atoms with E-state index in [9.17, 15) is 4.79 Å². The van der Waals surface area contributed by atoms with E-state index in [1.807, 2.05) is 55.1 Å². The number of anilines is 1. The molecule has 1 heterocycles. The van der Waals surface area contributed by atoms with Crippen LogP contribution >= 0.6 is 0 Å². The molecule has 0 atom stereocenters. The number of rotatable bonds is 8. The molecule has 2 N–H and O–H groups in total. The molecule has 0 saturated carbocycles. The van der Waals surface area contributed by atoms with Gasteiger partial charge in [-0.3, -0.25) is 4.79 Å². The van der Waals surface area contributed by atoms with Gasteiger partial charge in [-0.15, -0.1) is 0 Å². The topological polar surface area (TPSA) is 48.1 Å². The van der Waals surface area contributed by atoms with Gasteiger partial charge < -0.3 is 15.2 Å². The Hall–Kier alpha value is -3.53. The second-order valence-electron chi connectivity index (χ2n) is 7.74. The molecule has 0 radical (unpaired) electrons. The number of likely N-dealkylation sites (N-methyl/N-ethyl adjacent to an activating group) is 1. The molecular formula is C27H29N3O. The van der Waals surface area contributed by atoms with Crippen molar-refractivity contribution in [1.82, 2.24) is 9.88 Å². The van der Waals surface area contributed by atoms with Crippen LogP contribution in [0.5, 0.6) is 0 Å². The molecule has 0 spiro atoms. The Labute approximate surface area is 183 Å². The smallest absolute Gasteiger partial charge is 0.226 e. The van der Waals surface area contributed by atoms with Crippen molar-refractivity contribution in [2.75, 3.05) is 18.4 Å². The standard InChI is InChI=1S/C27H29N3O/c1-3-30(4-2)26(31)17-21-15-23-18-24(22-13-9-6-10-14-22)29-27(23)25(16-21)28-19-20-11-7-5-8-12-20/h5-16,18,28-29H,3-4,17,19H2,1-2H3. The molecule has 31 heavy (non-hydrogen) atoms. The maximum Gasteiger partial charge on any atom is 0.226 e. The van der Waals surface area contributed by atoms with Crippen molar-refractivity contribution < 1.29 is 4.79 Å². The van der Waals surface area contributed by atoms with E-state index in [0.29, 0.717) is 6.42 Å². The average Bonchev–Trinajstić information content (AvgIpc) is 3.24. The minimum atomic E-state index is 0.164. The zero-order valence-corrected chi connectivity index (χ0v) is 18.2. The fraction of sp³-hybridized carbons (Fsp3) is 0.222. The lowest BCUT2D eigenvalue weighted by molar-refractivity contribution is -0.130. The Balaban J connectivity index is 1.70. The molecule has 4 rings (SSSR count). The first-order chi connectivity index (χ1) is 15.2. The first kappa shape index (κ1) is 20.7. The number of hydrogen-bond donors (Lipinski definition) is 2. The summed E-state index contributed by atoms with van der Waals surface area (Å²) >= 11 is 0. The number of hydrogen-bond acceptors (Lipinski definition) is 2. The SMILES string of the molecule is CCN(CC)C(=O)Cc1cc(NCc2ccccc2)c2[nH]c(-c3ccccc3)cc2c1. The molecule has 4 nitrogen and oxygen atoms in total. The zero-order chi connectivity index (χ0) is 21.6. The van der Waals surface area contributed by atoms with Crippen LogP contribution in [-0.2, 0) is 17.8 Å². The number of aromatic amines is 1. The summed E-state index contributed by atoms with van der Waals surface area (Å²) in [7, 11) is 0. The van der Waals surface area contributed by atoms with Crippen LogP contribution in [0.25, 0.3) is 22.2 Å². The minimum absolute atomic E-state index is 0.164. The van der Waals surface area contributed by atoms with Crippen molar-refractivity contribution in [3.63, 3.8) is 0 Å². The summed E-state index contributed by atoms with van der Waals surface area (Å²) in [6.07, 6.45) is 0.406. The summed E-state index contributed by atoms with van der Waals surface area (Å²) in [6.45, 7) is 6.24. The van der Waals surface area contributed by atoms with Crippen molar-refractivity contribution in [3.8, 4) is 11.3 Å². The molecule has 0 unspecified atom stereocenters. The maximum absolute atomic E-state index is 12.7. The van der Waals surface area contributed by atoms with Gasteiger partial charge in [-0.05, 0) is 48.7 Å². The highest BCUT2D eigenvalue weighted by Crippen LogP contribution is 2.31. The lowest BCUT2D eigenvalue weighted by Gasteiger charge is -2.19. The fourth-order valence-electron chi connectivity index (χ4n) is 3.98. The van der Waals surface area contributed by atoms with Gasteiger partial charge in [-0.25, -0.2) is 0 Å². The Morgan fingerprint density at radius 2 is 1.55 bits per heavy atom. The van der Waals surface area contributed by atoms with Crippen LogP contribution in [0.4, 0.5) is 5.69 Å². The molecular weight excluding hydrogens is 382 g/mol. The van der Waals surface area contributed by atoms with Gasteiger partial charge in [0.25, 0.3) is 0 Å². The number of carbonyl (C=O) groups is 1. The van der Waals surface area contributed by atoms with Gasteiger partial charge in [-0.2, -0.15) is 0 Å². The largest absolute Gasteiger partial charge is 0.379 e. The molecule has 1 amide bonds. The molecule has 0 fully saturated rings. The predicted octanol–water partition coefficient (Wildman–Crippen LogP) is 5.86. The van der Waals surface area contributed by atoms with Crippen molar-refractivity contribution in [3.05, 3.63) is 90.0 Å². The second kappa shape index (κ2) is 9.52. The van der Waals surface area contributed by atoms with Crippen molar-refractivity contribution in [2.24, 2.45) is 0 Å². The van der Waals surface area contributed by atoms with E-state index >= 15 is 0 Å². The highest BCUT2D eigenvalue weighted by Gasteiger charge is 2.14. The van der Waals surface area contributed by atoms with Gasteiger partial charge in [-0.1, -0.05) is 60.7 Å². The molecule has 0 bridgehead atoms. The number of carbonyl (C=O) groups excluding carboxylic acids is 1. The first-order valence-corrected chi connectivity index (χ1v) is 10.9. The van der Waals surface area contributed by atoms with Crippen LogP contribution in [0, 0.1) is 0 Å². The molecule has 0 saturated heterocycles. The van der Waals surface area contributed by atoms with Crippen LogP contribution in [0.15, 0.2) is 78.9 Å². The van der Waals surface area contributed by atoms with E-state index < -0.39 is 0 Å². The average molecular weight is 412 g/mol. The molecule has 0 aliphatic rings. The Kier molecular flexibility index (Phi) is 6.37. The number of nitrogens with zero attached hydrogens (tertiary/aromatic N) is 1. The van der Waals surface area contributed by atoms with Gasteiger partial charge in [0.2, 0.25) is 5.91 Å². The second-order valence-corrected chi connectivity index (χ2v) is 7.74. The number of benzene rings is 3. The summed E-state index contributed by atoms with van der Waals surface area (Å²) in [5, 5.41) is 4.69. The van der Waals surface area contributed by atoms with Crippen molar-refractivity contribution in [2.45, 2.75) is 26.8 Å². The van der Waals surface area contributed by atoms with Crippen LogP contribution in [0.3, 0.4) is 0 Å².